The highest BCUT2D eigenvalue weighted by Crippen LogP contribution is 2.33. The predicted molar refractivity (Wildman–Crippen MR) is 124 cm³/mol. The Morgan fingerprint density at radius 2 is 1.78 bits per heavy atom. The van der Waals surface area contributed by atoms with Crippen molar-refractivity contribution in [2.24, 2.45) is 0 Å². The van der Waals surface area contributed by atoms with Gasteiger partial charge in [-0.3, -0.25) is 13.9 Å². The fraction of sp³-hybridized carbons (Fsp3) is 0.333. The molecule has 0 bridgehead atoms. The quantitative estimate of drug-likeness (QED) is 0.567. The number of hydrogen-bond donors (Lipinski definition) is 1. The minimum atomic E-state index is -3.95. The van der Waals surface area contributed by atoms with E-state index in [2.05, 4.69) is 5.32 Å². The SMILES string of the molecule is CCNC(=O)[C@@H](C)N(Cc1ccccc1F)C(=O)CN(c1cccc(Cl)c1Cl)S(C)(=O)=O. The second-order valence-corrected chi connectivity index (χ2v) is 9.72. The smallest absolute Gasteiger partial charge is 0.244 e. The summed E-state index contributed by atoms with van der Waals surface area (Å²) in [4.78, 5) is 26.8. The van der Waals surface area contributed by atoms with E-state index in [1.165, 1.54) is 43.3 Å². The summed E-state index contributed by atoms with van der Waals surface area (Å²) in [7, 11) is -3.95. The number of benzene rings is 2. The number of amides is 2. The summed E-state index contributed by atoms with van der Waals surface area (Å²) in [5, 5.41) is 2.69. The summed E-state index contributed by atoms with van der Waals surface area (Å²) in [6.07, 6.45) is 0.923. The lowest BCUT2D eigenvalue weighted by atomic mass is 10.1. The van der Waals surface area contributed by atoms with E-state index >= 15 is 0 Å². The Morgan fingerprint density at radius 3 is 2.38 bits per heavy atom. The topological polar surface area (TPSA) is 86.8 Å². The van der Waals surface area contributed by atoms with Gasteiger partial charge in [-0.1, -0.05) is 47.5 Å². The first-order valence-electron chi connectivity index (χ1n) is 9.69. The van der Waals surface area contributed by atoms with Crippen LogP contribution in [0.4, 0.5) is 10.1 Å². The van der Waals surface area contributed by atoms with Crippen LogP contribution < -0.4 is 9.62 Å². The van der Waals surface area contributed by atoms with Gasteiger partial charge in [-0.2, -0.15) is 0 Å². The van der Waals surface area contributed by atoms with E-state index < -0.39 is 40.2 Å². The number of carbonyl (C=O) groups is 2. The van der Waals surface area contributed by atoms with E-state index in [0.29, 0.717) is 6.54 Å². The van der Waals surface area contributed by atoms with Gasteiger partial charge in [0.25, 0.3) is 0 Å². The van der Waals surface area contributed by atoms with Crippen molar-refractivity contribution < 1.29 is 22.4 Å². The van der Waals surface area contributed by atoms with Gasteiger partial charge in [0.1, 0.15) is 18.4 Å². The zero-order valence-electron chi connectivity index (χ0n) is 17.8. The van der Waals surface area contributed by atoms with E-state index in [4.69, 9.17) is 23.2 Å². The van der Waals surface area contributed by atoms with E-state index in [0.717, 1.165) is 15.5 Å². The van der Waals surface area contributed by atoms with Crippen LogP contribution in [0, 0.1) is 5.82 Å². The maximum atomic E-state index is 14.3. The molecule has 0 unspecified atom stereocenters. The minimum absolute atomic E-state index is 0.0199. The van der Waals surface area contributed by atoms with Gasteiger partial charge in [-0.05, 0) is 32.0 Å². The molecule has 174 valence electrons. The van der Waals surface area contributed by atoms with Gasteiger partial charge in [0.15, 0.2) is 0 Å². The largest absolute Gasteiger partial charge is 0.355 e. The monoisotopic (exact) mass is 503 g/mol. The molecule has 0 aliphatic carbocycles. The molecular weight excluding hydrogens is 480 g/mol. The molecule has 0 heterocycles. The number of likely N-dealkylation sites (N-methyl/N-ethyl adjacent to an activating group) is 1. The molecular formula is C21H24Cl2FN3O4S. The highest BCUT2D eigenvalue weighted by atomic mass is 35.5. The summed E-state index contributed by atoms with van der Waals surface area (Å²) >= 11 is 12.2. The molecule has 2 rings (SSSR count). The predicted octanol–water partition coefficient (Wildman–Crippen LogP) is 3.45. The maximum Gasteiger partial charge on any atom is 0.244 e. The van der Waals surface area contributed by atoms with Crippen LogP contribution in [0.3, 0.4) is 0 Å². The van der Waals surface area contributed by atoms with Crippen LogP contribution in [0.15, 0.2) is 42.5 Å². The van der Waals surface area contributed by atoms with Crippen molar-refractivity contribution in [1.29, 1.82) is 0 Å². The van der Waals surface area contributed by atoms with Crippen molar-refractivity contribution in [3.05, 3.63) is 63.9 Å². The first-order valence-corrected chi connectivity index (χ1v) is 12.3. The number of sulfonamides is 1. The molecule has 0 saturated carbocycles. The van der Waals surface area contributed by atoms with E-state index in [1.807, 2.05) is 0 Å². The zero-order valence-corrected chi connectivity index (χ0v) is 20.1. The first kappa shape index (κ1) is 25.9. The second-order valence-electron chi connectivity index (χ2n) is 7.03. The van der Waals surface area contributed by atoms with E-state index in [1.54, 1.807) is 13.0 Å². The number of halogens is 3. The van der Waals surface area contributed by atoms with Gasteiger partial charge < -0.3 is 10.2 Å². The molecule has 0 saturated heterocycles. The van der Waals surface area contributed by atoms with Crippen molar-refractivity contribution >= 4 is 50.7 Å². The molecule has 2 aromatic rings. The van der Waals surface area contributed by atoms with Crippen LogP contribution in [0.5, 0.6) is 0 Å². The molecule has 1 N–H and O–H groups in total. The van der Waals surface area contributed by atoms with Crippen molar-refractivity contribution in [3.8, 4) is 0 Å². The number of rotatable bonds is 9. The molecule has 11 heteroatoms. The van der Waals surface area contributed by atoms with Gasteiger partial charge in [0.05, 0.1) is 22.0 Å². The molecule has 1 atom stereocenters. The lowest BCUT2D eigenvalue weighted by Gasteiger charge is -2.31. The van der Waals surface area contributed by atoms with Gasteiger partial charge in [0, 0.05) is 18.7 Å². The Morgan fingerprint density at radius 1 is 1.12 bits per heavy atom. The number of carbonyl (C=O) groups excluding carboxylic acids is 2. The number of hydrogen-bond acceptors (Lipinski definition) is 4. The van der Waals surface area contributed by atoms with Gasteiger partial charge in [-0.15, -0.1) is 0 Å². The number of nitrogens with zero attached hydrogens (tertiary/aromatic N) is 2. The van der Waals surface area contributed by atoms with Crippen molar-refractivity contribution in [2.75, 3.05) is 23.7 Å². The Hall–Kier alpha value is -2.36. The molecule has 0 radical (unpaired) electrons. The van der Waals surface area contributed by atoms with Gasteiger partial charge in [0.2, 0.25) is 21.8 Å². The zero-order chi connectivity index (χ0) is 24.1. The summed E-state index contributed by atoms with van der Waals surface area (Å²) < 4.78 is 40.0. The van der Waals surface area contributed by atoms with Crippen LogP contribution in [0.25, 0.3) is 0 Å². The first-order chi connectivity index (χ1) is 15.0. The fourth-order valence-corrected chi connectivity index (χ4v) is 4.30. The van der Waals surface area contributed by atoms with Crippen molar-refractivity contribution in [3.63, 3.8) is 0 Å². The van der Waals surface area contributed by atoms with Gasteiger partial charge in [-0.25, -0.2) is 12.8 Å². The Balaban J connectivity index is 2.45. The molecule has 0 aromatic heterocycles. The fourth-order valence-electron chi connectivity index (χ4n) is 2.99. The molecule has 7 nitrogen and oxygen atoms in total. The average molecular weight is 504 g/mol. The minimum Gasteiger partial charge on any atom is -0.355 e. The van der Waals surface area contributed by atoms with Gasteiger partial charge >= 0.3 is 0 Å². The molecule has 0 spiro atoms. The average Bonchev–Trinajstić information content (AvgIpc) is 2.72. The van der Waals surface area contributed by atoms with Crippen LogP contribution in [0.2, 0.25) is 10.0 Å². The third-order valence-corrected chi connectivity index (χ3v) is 6.63. The molecule has 2 amide bonds. The molecule has 32 heavy (non-hydrogen) atoms. The maximum absolute atomic E-state index is 14.3. The second kappa shape index (κ2) is 11.0. The summed E-state index contributed by atoms with van der Waals surface area (Å²) in [6, 6.07) is 9.25. The third kappa shape index (κ3) is 6.34. The van der Waals surface area contributed by atoms with Crippen LogP contribution in [0.1, 0.15) is 19.4 Å². The summed E-state index contributed by atoms with van der Waals surface area (Å²) in [5.74, 6) is -1.72. The van der Waals surface area contributed by atoms with E-state index in [9.17, 15) is 22.4 Å². The summed E-state index contributed by atoms with van der Waals surface area (Å²) in [5.41, 5.74) is 0.204. The normalized spacial score (nSPS) is 12.2. The standard InChI is InChI=1S/C21H24Cl2FN3O4S/c1-4-25-21(29)14(2)26(12-15-8-5-6-10-17(15)24)19(28)13-27(32(3,30)31)18-11-7-9-16(22)20(18)23/h5-11,14H,4,12-13H2,1-3H3,(H,25,29)/t14-/m1/s1. The highest BCUT2D eigenvalue weighted by molar-refractivity contribution is 7.92. The van der Waals surface area contributed by atoms with Crippen LogP contribution in [-0.2, 0) is 26.2 Å². The molecule has 2 aromatic carbocycles. The number of nitrogens with one attached hydrogen (secondary N) is 1. The Labute approximate surface area is 197 Å². The number of anilines is 1. The molecule has 0 aliphatic rings. The highest BCUT2D eigenvalue weighted by Gasteiger charge is 2.31. The van der Waals surface area contributed by atoms with Crippen LogP contribution >= 0.6 is 23.2 Å². The summed E-state index contributed by atoms with van der Waals surface area (Å²) in [6.45, 7) is 2.65. The van der Waals surface area contributed by atoms with Crippen molar-refractivity contribution in [2.45, 2.75) is 26.4 Å². The Kier molecular flexibility index (Phi) is 8.89. The lowest BCUT2D eigenvalue weighted by Crippen LogP contribution is -2.51. The lowest BCUT2D eigenvalue weighted by molar-refractivity contribution is -0.139. The molecule has 0 fully saturated rings. The van der Waals surface area contributed by atoms with Crippen molar-refractivity contribution in [1.82, 2.24) is 10.2 Å². The van der Waals surface area contributed by atoms with E-state index in [-0.39, 0.29) is 27.8 Å². The third-order valence-electron chi connectivity index (χ3n) is 4.70. The van der Waals surface area contributed by atoms with Crippen LogP contribution in [-0.4, -0.2) is 50.5 Å². The Bertz CT molecular complexity index is 1100. The molecule has 0 aliphatic heterocycles.